The lowest BCUT2D eigenvalue weighted by molar-refractivity contribution is -0.157. The first kappa shape index (κ1) is 16.8. The molecule has 4 rings (SSSR count). The van der Waals surface area contributed by atoms with Crippen molar-refractivity contribution in [2.24, 2.45) is 11.3 Å². The third kappa shape index (κ3) is 3.12. The Morgan fingerprint density at radius 3 is 2.50 bits per heavy atom. The van der Waals surface area contributed by atoms with Gasteiger partial charge in [0.05, 0.1) is 6.10 Å². The minimum Gasteiger partial charge on any atom is -0.378 e. The average Bonchev–Trinajstić information content (AvgIpc) is 2.93. The first-order valence-electron chi connectivity index (χ1n) is 10.4. The fraction of sp³-hybridized carbons (Fsp3) is 0.950. The lowest BCUT2D eigenvalue weighted by Crippen LogP contribution is -2.65. The molecule has 0 aromatic rings. The smallest absolute Gasteiger partial charge is 0.220 e. The Morgan fingerprint density at radius 1 is 1.12 bits per heavy atom. The van der Waals surface area contributed by atoms with Gasteiger partial charge in [-0.1, -0.05) is 19.3 Å². The van der Waals surface area contributed by atoms with Crippen LogP contribution in [0.4, 0.5) is 0 Å². The van der Waals surface area contributed by atoms with Crippen LogP contribution in [0.5, 0.6) is 0 Å². The zero-order chi connectivity index (χ0) is 16.6. The van der Waals surface area contributed by atoms with E-state index in [0.717, 1.165) is 19.4 Å². The molecule has 4 nitrogen and oxygen atoms in total. The van der Waals surface area contributed by atoms with Gasteiger partial charge in [-0.15, -0.1) is 0 Å². The van der Waals surface area contributed by atoms with Crippen molar-refractivity contribution in [3.8, 4) is 0 Å². The number of amides is 1. The molecule has 2 aliphatic carbocycles. The molecule has 2 saturated carbocycles. The lowest BCUT2D eigenvalue weighted by atomic mass is 9.55. The number of hydrogen-bond donors (Lipinski definition) is 2. The van der Waals surface area contributed by atoms with E-state index in [-0.39, 0.29) is 5.41 Å². The highest BCUT2D eigenvalue weighted by atomic mass is 16.5. The molecule has 4 unspecified atom stereocenters. The molecular weight excluding hydrogens is 300 g/mol. The van der Waals surface area contributed by atoms with Gasteiger partial charge in [0, 0.05) is 36.6 Å². The highest BCUT2D eigenvalue weighted by molar-refractivity contribution is 5.76. The molecule has 2 heterocycles. The Morgan fingerprint density at radius 2 is 1.83 bits per heavy atom. The molecular formula is C20H34N2O2. The van der Waals surface area contributed by atoms with Gasteiger partial charge in [-0.2, -0.15) is 0 Å². The van der Waals surface area contributed by atoms with E-state index >= 15 is 0 Å². The SMILES string of the molecule is CCOC1CC(NC(=O)CC2CC3CCC(C2)N3)C12CCCCC2. The molecule has 1 amide bonds. The van der Waals surface area contributed by atoms with Crippen LogP contribution in [-0.4, -0.2) is 36.7 Å². The van der Waals surface area contributed by atoms with E-state index in [1.807, 2.05) is 0 Å². The van der Waals surface area contributed by atoms with Crippen molar-refractivity contribution in [1.82, 2.24) is 10.6 Å². The van der Waals surface area contributed by atoms with E-state index in [1.165, 1.54) is 57.8 Å². The number of carbonyl (C=O) groups excluding carboxylic acids is 1. The molecule has 0 aromatic heterocycles. The summed E-state index contributed by atoms with van der Waals surface area (Å²) in [4.78, 5) is 12.7. The summed E-state index contributed by atoms with van der Waals surface area (Å²) < 4.78 is 6.01. The van der Waals surface area contributed by atoms with Crippen molar-refractivity contribution in [3.05, 3.63) is 0 Å². The van der Waals surface area contributed by atoms with Crippen molar-refractivity contribution in [3.63, 3.8) is 0 Å². The molecule has 4 aliphatic rings. The van der Waals surface area contributed by atoms with E-state index in [9.17, 15) is 4.79 Å². The summed E-state index contributed by atoms with van der Waals surface area (Å²) in [6.45, 7) is 2.89. The van der Waals surface area contributed by atoms with Crippen molar-refractivity contribution >= 4 is 5.91 Å². The van der Waals surface area contributed by atoms with E-state index in [0.29, 0.717) is 36.1 Å². The highest BCUT2D eigenvalue weighted by Crippen LogP contribution is 2.53. The van der Waals surface area contributed by atoms with Crippen molar-refractivity contribution in [2.45, 2.75) is 102 Å². The van der Waals surface area contributed by atoms with Crippen LogP contribution in [0.15, 0.2) is 0 Å². The third-order valence-electron chi connectivity index (χ3n) is 7.32. The fourth-order valence-electron chi connectivity index (χ4n) is 6.12. The number of carbonyl (C=O) groups is 1. The van der Waals surface area contributed by atoms with Crippen molar-refractivity contribution in [1.29, 1.82) is 0 Å². The largest absolute Gasteiger partial charge is 0.378 e. The summed E-state index contributed by atoms with van der Waals surface area (Å²) in [5, 5.41) is 7.10. The van der Waals surface area contributed by atoms with E-state index in [2.05, 4.69) is 17.6 Å². The number of fused-ring (bicyclic) bond motifs is 2. The quantitative estimate of drug-likeness (QED) is 0.812. The molecule has 1 spiro atoms. The summed E-state index contributed by atoms with van der Waals surface area (Å²) >= 11 is 0. The normalized spacial score (nSPS) is 40.3. The molecule has 136 valence electrons. The molecule has 4 atom stereocenters. The standard InChI is InChI=1S/C20H34N2O2/c1-2-24-18-13-17(20(18)8-4-3-5-9-20)22-19(23)12-14-10-15-6-7-16(11-14)21-15/h14-18,21H,2-13H2,1H3,(H,22,23). The van der Waals surface area contributed by atoms with Crippen LogP contribution in [0.2, 0.25) is 0 Å². The van der Waals surface area contributed by atoms with Crippen LogP contribution in [0.3, 0.4) is 0 Å². The maximum absolute atomic E-state index is 12.7. The van der Waals surface area contributed by atoms with Crippen LogP contribution in [0, 0.1) is 11.3 Å². The van der Waals surface area contributed by atoms with Crippen LogP contribution in [0.25, 0.3) is 0 Å². The Kier molecular flexibility index (Phi) is 4.88. The lowest BCUT2D eigenvalue weighted by Gasteiger charge is -2.57. The Hall–Kier alpha value is -0.610. The van der Waals surface area contributed by atoms with Gasteiger partial charge in [0.15, 0.2) is 0 Å². The van der Waals surface area contributed by atoms with Gasteiger partial charge in [-0.3, -0.25) is 4.79 Å². The Balaban J connectivity index is 1.32. The molecule has 2 N–H and O–H groups in total. The maximum atomic E-state index is 12.7. The van der Waals surface area contributed by atoms with Crippen LogP contribution in [0.1, 0.15) is 77.6 Å². The third-order valence-corrected chi connectivity index (χ3v) is 7.32. The molecule has 2 aliphatic heterocycles. The van der Waals surface area contributed by atoms with Crippen LogP contribution < -0.4 is 10.6 Å². The Labute approximate surface area is 146 Å². The molecule has 4 heteroatoms. The second-order valence-corrected chi connectivity index (χ2v) is 8.77. The summed E-state index contributed by atoms with van der Waals surface area (Å²) in [6.07, 6.45) is 13.6. The Bertz CT molecular complexity index is 449. The van der Waals surface area contributed by atoms with E-state index < -0.39 is 0 Å². The summed E-state index contributed by atoms with van der Waals surface area (Å²) in [6, 6.07) is 1.72. The van der Waals surface area contributed by atoms with Gasteiger partial charge in [-0.05, 0) is 57.8 Å². The number of rotatable bonds is 5. The minimum atomic E-state index is 0.247. The number of nitrogens with one attached hydrogen (secondary N) is 2. The van der Waals surface area contributed by atoms with Crippen molar-refractivity contribution in [2.75, 3.05) is 6.61 Å². The first-order valence-corrected chi connectivity index (χ1v) is 10.4. The second-order valence-electron chi connectivity index (χ2n) is 8.77. The predicted octanol–water partition coefficient (Wildman–Crippen LogP) is 3.15. The van der Waals surface area contributed by atoms with Gasteiger partial charge < -0.3 is 15.4 Å². The molecule has 4 fully saturated rings. The number of ether oxygens (including phenoxy) is 1. The zero-order valence-electron chi connectivity index (χ0n) is 15.2. The number of hydrogen-bond acceptors (Lipinski definition) is 3. The zero-order valence-corrected chi connectivity index (χ0v) is 15.2. The monoisotopic (exact) mass is 334 g/mol. The highest BCUT2D eigenvalue weighted by Gasteiger charge is 2.56. The summed E-state index contributed by atoms with van der Waals surface area (Å²) in [7, 11) is 0. The van der Waals surface area contributed by atoms with Gasteiger partial charge >= 0.3 is 0 Å². The molecule has 2 bridgehead atoms. The first-order chi connectivity index (χ1) is 11.7. The second kappa shape index (κ2) is 6.95. The summed E-state index contributed by atoms with van der Waals surface area (Å²) in [5.74, 6) is 0.889. The van der Waals surface area contributed by atoms with E-state index in [4.69, 9.17) is 4.74 Å². The fourth-order valence-corrected chi connectivity index (χ4v) is 6.12. The molecule has 24 heavy (non-hydrogen) atoms. The molecule has 2 saturated heterocycles. The average molecular weight is 335 g/mol. The minimum absolute atomic E-state index is 0.247. The summed E-state index contributed by atoms with van der Waals surface area (Å²) in [5.41, 5.74) is 0.247. The molecule has 0 radical (unpaired) electrons. The van der Waals surface area contributed by atoms with E-state index in [1.54, 1.807) is 0 Å². The topological polar surface area (TPSA) is 50.4 Å². The van der Waals surface area contributed by atoms with Crippen molar-refractivity contribution < 1.29 is 9.53 Å². The van der Waals surface area contributed by atoms with Gasteiger partial charge in [-0.25, -0.2) is 0 Å². The van der Waals surface area contributed by atoms with Crippen LogP contribution in [-0.2, 0) is 9.53 Å². The predicted molar refractivity (Wildman–Crippen MR) is 94.8 cm³/mol. The van der Waals surface area contributed by atoms with Gasteiger partial charge in [0.2, 0.25) is 5.91 Å². The van der Waals surface area contributed by atoms with Crippen LogP contribution >= 0.6 is 0 Å². The maximum Gasteiger partial charge on any atom is 0.220 e. The molecule has 0 aromatic carbocycles. The number of piperidine rings is 1. The van der Waals surface area contributed by atoms with Gasteiger partial charge in [0.25, 0.3) is 0 Å². The van der Waals surface area contributed by atoms with Gasteiger partial charge in [0.1, 0.15) is 0 Å².